The molecule has 140 valence electrons. The number of esters is 1. The topological polar surface area (TPSA) is 76.1 Å². The van der Waals surface area contributed by atoms with E-state index in [0.717, 1.165) is 12.0 Å². The minimum absolute atomic E-state index is 0.0194. The van der Waals surface area contributed by atoms with Crippen LogP contribution in [0.1, 0.15) is 16.7 Å². The Balaban J connectivity index is 1.51. The quantitative estimate of drug-likeness (QED) is 0.649. The monoisotopic (exact) mass is 367 g/mol. The van der Waals surface area contributed by atoms with Gasteiger partial charge in [-0.05, 0) is 41.3 Å². The lowest BCUT2D eigenvalue weighted by Gasteiger charge is -2.28. The van der Waals surface area contributed by atoms with Crippen molar-refractivity contribution in [3.05, 3.63) is 65.2 Å². The molecule has 1 N–H and O–H groups in total. The standard InChI is InChI=1S/C21H21NO5/c1-26-19-12-15(6-8-18(19)23)7-9-21(25)27-14-20(24)22-11-10-16-4-2-3-5-17(16)13-22/h2-9,12,23H,10-11,13-14H2,1H3/b9-7+. The summed E-state index contributed by atoms with van der Waals surface area (Å²) in [6.45, 7) is 0.872. The van der Waals surface area contributed by atoms with Gasteiger partial charge < -0.3 is 19.5 Å². The average Bonchev–Trinajstić information content (AvgIpc) is 2.71. The Morgan fingerprint density at radius 3 is 2.74 bits per heavy atom. The van der Waals surface area contributed by atoms with Crippen molar-refractivity contribution in [3.8, 4) is 11.5 Å². The van der Waals surface area contributed by atoms with E-state index < -0.39 is 5.97 Å². The highest BCUT2D eigenvalue weighted by Crippen LogP contribution is 2.26. The van der Waals surface area contributed by atoms with Crippen LogP contribution in [0, 0.1) is 0 Å². The minimum Gasteiger partial charge on any atom is -0.504 e. The van der Waals surface area contributed by atoms with Crippen molar-refractivity contribution in [2.24, 2.45) is 0 Å². The minimum atomic E-state index is -0.604. The zero-order valence-corrected chi connectivity index (χ0v) is 15.1. The third-order valence-corrected chi connectivity index (χ3v) is 4.44. The van der Waals surface area contributed by atoms with E-state index in [1.54, 1.807) is 17.0 Å². The summed E-state index contributed by atoms with van der Waals surface area (Å²) < 4.78 is 10.1. The summed E-state index contributed by atoms with van der Waals surface area (Å²) in [6, 6.07) is 12.7. The van der Waals surface area contributed by atoms with Gasteiger partial charge in [-0.3, -0.25) is 4.79 Å². The lowest BCUT2D eigenvalue weighted by Crippen LogP contribution is -2.38. The molecule has 3 rings (SSSR count). The number of amides is 1. The largest absolute Gasteiger partial charge is 0.504 e. The van der Waals surface area contributed by atoms with E-state index in [4.69, 9.17) is 9.47 Å². The summed E-state index contributed by atoms with van der Waals surface area (Å²) in [5.41, 5.74) is 3.05. The highest BCUT2D eigenvalue weighted by molar-refractivity contribution is 5.89. The van der Waals surface area contributed by atoms with Gasteiger partial charge in [0.25, 0.3) is 5.91 Å². The van der Waals surface area contributed by atoms with Crippen LogP contribution in [-0.4, -0.2) is 42.1 Å². The lowest BCUT2D eigenvalue weighted by molar-refractivity contribution is -0.148. The van der Waals surface area contributed by atoms with Crippen molar-refractivity contribution in [1.82, 2.24) is 4.90 Å². The fourth-order valence-corrected chi connectivity index (χ4v) is 2.94. The molecule has 0 saturated carbocycles. The second kappa shape index (κ2) is 8.40. The number of carbonyl (C=O) groups is 2. The lowest BCUT2D eigenvalue weighted by atomic mass is 10.00. The van der Waals surface area contributed by atoms with Crippen LogP contribution in [0.5, 0.6) is 11.5 Å². The molecule has 1 heterocycles. The number of nitrogens with zero attached hydrogens (tertiary/aromatic N) is 1. The Hall–Kier alpha value is -3.28. The molecule has 6 nitrogen and oxygen atoms in total. The van der Waals surface area contributed by atoms with Gasteiger partial charge >= 0.3 is 5.97 Å². The summed E-state index contributed by atoms with van der Waals surface area (Å²) in [5.74, 6) is -0.484. The zero-order chi connectivity index (χ0) is 19.2. The molecule has 0 bridgehead atoms. The van der Waals surface area contributed by atoms with Crippen LogP contribution in [0.3, 0.4) is 0 Å². The molecule has 2 aromatic rings. The molecule has 1 aliphatic rings. The third kappa shape index (κ3) is 4.67. The first-order valence-electron chi connectivity index (χ1n) is 8.63. The van der Waals surface area contributed by atoms with Crippen LogP contribution >= 0.6 is 0 Å². The first kappa shape index (κ1) is 18.5. The number of fused-ring (bicyclic) bond motifs is 1. The summed E-state index contributed by atoms with van der Waals surface area (Å²) >= 11 is 0. The summed E-state index contributed by atoms with van der Waals surface area (Å²) in [4.78, 5) is 25.8. The van der Waals surface area contributed by atoms with E-state index in [-0.39, 0.29) is 18.3 Å². The molecule has 1 aliphatic heterocycles. The summed E-state index contributed by atoms with van der Waals surface area (Å²) in [6.07, 6.45) is 3.58. The molecule has 0 fully saturated rings. The molecule has 0 unspecified atom stereocenters. The van der Waals surface area contributed by atoms with E-state index in [9.17, 15) is 14.7 Å². The molecule has 6 heteroatoms. The zero-order valence-electron chi connectivity index (χ0n) is 15.1. The first-order valence-corrected chi connectivity index (χ1v) is 8.63. The first-order chi connectivity index (χ1) is 13.1. The van der Waals surface area contributed by atoms with Crippen LogP contribution in [0.25, 0.3) is 6.08 Å². The summed E-state index contributed by atoms with van der Waals surface area (Å²) in [7, 11) is 1.45. The molecule has 0 radical (unpaired) electrons. The van der Waals surface area contributed by atoms with Crippen molar-refractivity contribution in [2.45, 2.75) is 13.0 Å². The van der Waals surface area contributed by atoms with Gasteiger partial charge in [0.2, 0.25) is 0 Å². The highest BCUT2D eigenvalue weighted by atomic mass is 16.5. The molecule has 0 atom stereocenters. The fourth-order valence-electron chi connectivity index (χ4n) is 2.94. The van der Waals surface area contributed by atoms with Gasteiger partial charge in [0, 0.05) is 19.2 Å². The number of phenols is 1. The molecule has 27 heavy (non-hydrogen) atoms. The fraction of sp³-hybridized carbons (Fsp3) is 0.238. The average molecular weight is 367 g/mol. The Labute approximate surface area is 157 Å². The number of hydrogen-bond donors (Lipinski definition) is 1. The number of ether oxygens (including phenoxy) is 2. The number of rotatable bonds is 5. The molecule has 0 spiro atoms. The van der Waals surface area contributed by atoms with Crippen LogP contribution < -0.4 is 4.74 Å². The van der Waals surface area contributed by atoms with Gasteiger partial charge in [-0.2, -0.15) is 0 Å². The maximum absolute atomic E-state index is 12.3. The molecule has 2 aromatic carbocycles. The van der Waals surface area contributed by atoms with E-state index in [1.165, 1.54) is 30.9 Å². The third-order valence-electron chi connectivity index (χ3n) is 4.44. The predicted octanol–water partition coefficient (Wildman–Crippen LogP) is 2.54. The van der Waals surface area contributed by atoms with Crippen LogP contribution in [0.2, 0.25) is 0 Å². The number of aromatic hydroxyl groups is 1. The smallest absolute Gasteiger partial charge is 0.331 e. The maximum atomic E-state index is 12.3. The van der Waals surface area contributed by atoms with Crippen molar-refractivity contribution in [1.29, 1.82) is 0 Å². The summed E-state index contributed by atoms with van der Waals surface area (Å²) in [5, 5.41) is 9.56. The van der Waals surface area contributed by atoms with E-state index in [1.807, 2.05) is 18.2 Å². The van der Waals surface area contributed by atoms with Crippen LogP contribution in [0.4, 0.5) is 0 Å². The number of methoxy groups -OCH3 is 1. The predicted molar refractivity (Wildman–Crippen MR) is 100 cm³/mol. The van der Waals surface area contributed by atoms with Gasteiger partial charge in [-0.1, -0.05) is 30.3 Å². The molecule has 1 amide bonds. The second-order valence-electron chi connectivity index (χ2n) is 6.21. The SMILES string of the molecule is COc1cc(/C=C/C(=O)OCC(=O)N2CCc3ccccc3C2)ccc1O. The van der Waals surface area contributed by atoms with Gasteiger partial charge in [-0.25, -0.2) is 4.79 Å². The van der Waals surface area contributed by atoms with Crippen molar-refractivity contribution >= 4 is 18.0 Å². The number of benzene rings is 2. The molecule has 0 aliphatic carbocycles. The number of carbonyl (C=O) groups excluding carboxylic acids is 2. The van der Waals surface area contributed by atoms with Crippen molar-refractivity contribution in [2.75, 3.05) is 20.3 Å². The van der Waals surface area contributed by atoms with E-state index in [2.05, 4.69) is 6.07 Å². The normalized spacial score (nSPS) is 13.3. The van der Waals surface area contributed by atoms with Gasteiger partial charge in [0.15, 0.2) is 18.1 Å². The number of hydrogen-bond acceptors (Lipinski definition) is 5. The van der Waals surface area contributed by atoms with Crippen molar-refractivity contribution in [3.63, 3.8) is 0 Å². The van der Waals surface area contributed by atoms with Crippen molar-refractivity contribution < 1.29 is 24.2 Å². The molecular formula is C21H21NO5. The van der Waals surface area contributed by atoms with Crippen LogP contribution in [-0.2, 0) is 27.3 Å². The molecular weight excluding hydrogens is 346 g/mol. The van der Waals surface area contributed by atoms with E-state index >= 15 is 0 Å². The Morgan fingerprint density at radius 1 is 1.19 bits per heavy atom. The Bertz CT molecular complexity index is 875. The van der Waals surface area contributed by atoms with Gasteiger partial charge in [0.1, 0.15) is 0 Å². The van der Waals surface area contributed by atoms with E-state index in [0.29, 0.717) is 24.4 Å². The molecule has 0 aromatic heterocycles. The number of phenolic OH excluding ortho intramolecular Hbond substituents is 1. The maximum Gasteiger partial charge on any atom is 0.331 e. The highest BCUT2D eigenvalue weighted by Gasteiger charge is 2.20. The Morgan fingerprint density at radius 2 is 1.96 bits per heavy atom. The Kier molecular flexibility index (Phi) is 5.76. The van der Waals surface area contributed by atoms with Gasteiger partial charge in [-0.15, -0.1) is 0 Å². The molecule has 0 saturated heterocycles. The second-order valence-corrected chi connectivity index (χ2v) is 6.21. The van der Waals surface area contributed by atoms with Crippen LogP contribution in [0.15, 0.2) is 48.5 Å². The van der Waals surface area contributed by atoms with Gasteiger partial charge in [0.05, 0.1) is 7.11 Å².